The number of benzene rings is 1. The molecule has 0 aliphatic heterocycles. The Morgan fingerprint density at radius 2 is 2.14 bits per heavy atom. The zero-order chi connectivity index (χ0) is 15.2. The summed E-state index contributed by atoms with van der Waals surface area (Å²) in [5, 5.41) is 13.9. The summed E-state index contributed by atoms with van der Waals surface area (Å²) in [5.41, 5.74) is 1.62. The van der Waals surface area contributed by atoms with Crippen LogP contribution in [0.25, 0.3) is 0 Å². The summed E-state index contributed by atoms with van der Waals surface area (Å²) in [4.78, 5) is 10.7. The predicted octanol–water partition coefficient (Wildman–Crippen LogP) is 2.39. The number of carbonyl (C=O) groups is 1. The second-order valence-electron chi connectivity index (χ2n) is 4.37. The number of carboxylic acids is 1. The molecule has 2 aromatic rings. The second kappa shape index (κ2) is 7.24. The third kappa shape index (κ3) is 4.57. The first-order chi connectivity index (χ1) is 10.1. The van der Waals surface area contributed by atoms with Gasteiger partial charge in [-0.2, -0.15) is 5.10 Å². The molecule has 7 heteroatoms. The smallest absolute Gasteiger partial charge is 0.313 e. The quantitative estimate of drug-likeness (QED) is 0.796. The fourth-order valence-corrected chi connectivity index (χ4v) is 2.54. The lowest BCUT2D eigenvalue weighted by molar-refractivity contribution is -0.133. The third-order valence-corrected chi connectivity index (χ3v) is 3.69. The van der Waals surface area contributed by atoms with E-state index >= 15 is 0 Å². The largest absolute Gasteiger partial charge is 0.481 e. The van der Waals surface area contributed by atoms with Crippen molar-refractivity contribution in [2.45, 2.75) is 18.2 Å². The molecule has 0 bridgehead atoms. The molecule has 1 N–H and O–H groups in total. The normalized spacial score (nSPS) is 10.8. The molecular formula is C14H15FN2O3S. The van der Waals surface area contributed by atoms with Crippen LogP contribution in [0.4, 0.5) is 4.39 Å². The highest BCUT2D eigenvalue weighted by molar-refractivity contribution is 7.99. The van der Waals surface area contributed by atoms with Crippen molar-refractivity contribution in [3.05, 3.63) is 47.4 Å². The number of hydrogen-bond donors (Lipinski definition) is 1. The van der Waals surface area contributed by atoms with Gasteiger partial charge in [0.15, 0.2) is 0 Å². The number of halogens is 1. The third-order valence-electron chi connectivity index (χ3n) is 2.67. The topological polar surface area (TPSA) is 64.3 Å². The van der Waals surface area contributed by atoms with Crippen LogP contribution in [0, 0.1) is 5.82 Å². The zero-order valence-electron chi connectivity index (χ0n) is 11.5. The van der Waals surface area contributed by atoms with Crippen molar-refractivity contribution >= 4 is 17.7 Å². The van der Waals surface area contributed by atoms with E-state index in [1.165, 1.54) is 23.9 Å². The van der Waals surface area contributed by atoms with Gasteiger partial charge in [0.05, 0.1) is 29.6 Å². The predicted molar refractivity (Wildman–Crippen MR) is 76.8 cm³/mol. The minimum Gasteiger partial charge on any atom is -0.481 e. The lowest BCUT2D eigenvalue weighted by Gasteiger charge is -2.06. The highest BCUT2D eigenvalue weighted by atomic mass is 32.2. The molecule has 21 heavy (non-hydrogen) atoms. The van der Waals surface area contributed by atoms with E-state index in [4.69, 9.17) is 9.84 Å². The highest BCUT2D eigenvalue weighted by Gasteiger charge is 2.11. The van der Waals surface area contributed by atoms with Crippen LogP contribution < -0.4 is 0 Å². The van der Waals surface area contributed by atoms with Gasteiger partial charge < -0.3 is 9.84 Å². The van der Waals surface area contributed by atoms with E-state index in [0.717, 1.165) is 16.3 Å². The van der Waals surface area contributed by atoms with Gasteiger partial charge >= 0.3 is 5.97 Å². The SMILES string of the molecule is COCc1cc(SCC(=O)O)n(Cc2ccc(F)cc2)n1. The number of carboxylic acid groups (broad SMARTS) is 1. The Kier molecular flexibility index (Phi) is 5.35. The summed E-state index contributed by atoms with van der Waals surface area (Å²) < 4.78 is 19.7. The minimum atomic E-state index is -0.886. The van der Waals surface area contributed by atoms with Crippen LogP contribution in [0.1, 0.15) is 11.3 Å². The molecule has 112 valence electrons. The fraction of sp³-hybridized carbons (Fsp3) is 0.286. The minimum absolute atomic E-state index is 0.0401. The van der Waals surface area contributed by atoms with E-state index < -0.39 is 5.97 Å². The average molecular weight is 310 g/mol. The van der Waals surface area contributed by atoms with Crippen LogP contribution in [0.5, 0.6) is 0 Å². The van der Waals surface area contributed by atoms with Crippen molar-refractivity contribution in [1.82, 2.24) is 9.78 Å². The summed E-state index contributed by atoms with van der Waals surface area (Å²) in [5.74, 6) is -1.22. The number of hydrogen-bond acceptors (Lipinski definition) is 4. The summed E-state index contributed by atoms with van der Waals surface area (Å²) >= 11 is 1.20. The Labute approximate surface area is 125 Å². The molecule has 1 aromatic carbocycles. The lowest BCUT2D eigenvalue weighted by Crippen LogP contribution is -2.06. The Bertz CT molecular complexity index is 613. The van der Waals surface area contributed by atoms with Gasteiger partial charge in [0.1, 0.15) is 5.82 Å². The van der Waals surface area contributed by atoms with Gasteiger partial charge in [-0.25, -0.2) is 4.39 Å². The first kappa shape index (κ1) is 15.5. The summed E-state index contributed by atoms with van der Waals surface area (Å²) in [7, 11) is 1.57. The van der Waals surface area contributed by atoms with Gasteiger partial charge in [-0.3, -0.25) is 9.48 Å². The molecule has 1 heterocycles. The van der Waals surface area contributed by atoms with Crippen LogP contribution in [0.15, 0.2) is 35.4 Å². The van der Waals surface area contributed by atoms with Crippen molar-refractivity contribution in [1.29, 1.82) is 0 Å². The van der Waals surface area contributed by atoms with Crippen molar-refractivity contribution in [3.8, 4) is 0 Å². The number of aromatic nitrogens is 2. The summed E-state index contributed by atoms with van der Waals surface area (Å²) in [6.45, 7) is 0.809. The molecule has 0 saturated carbocycles. The summed E-state index contributed by atoms with van der Waals surface area (Å²) in [6, 6.07) is 7.94. The van der Waals surface area contributed by atoms with E-state index in [-0.39, 0.29) is 11.6 Å². The van der Waals surface area contributed by atoms with Crippen LogP contribution >= 0.6 is 11.8 Å². The number of rotatable bonds is 7. The Balaban J connectivity index is 2.18. The number of nitrogens with zero attached hydrogens (tertiary/aromatic N) is 2. The molecule has 0 fully saturated rings. The van der Waals surface area contributed by atoms with E-state index in [1.54, 1.807) is 30.0 Å². The Morgan fingerprint density at radius 1 is 1.43 bits per heavy atom. The molecule has 0 aliphatic carbocycles. The van der Waals surface area contributed by atoms with Crippen LogP contribution in [-0.2, 0) is 22.7 Å². The average Bonchev–Trinajstić information content (AvgIpc) is 2.81. The van der Waals surface area contributed by atoms with Crippen LogP contribution in [-0.4, -0.2) is 33.7 Å². The molecule has 5 nitrogen and oxygen atoms in total. The molecular weight excluding hydrogens is 295 g/mol. The van der Waals surface area contributed by atoms with Gasteiger partial charge in [0, 0.05) is 7.11 Å². The van der Waals surface area contributed by atoms with E-state index in [9.17, 15) is 9.18 Å². The Hall–Kier alpha value is -1.86. The molecule has 2 rings (SSSR count). The maximum atomic E-state index is 12.9. The number of ether oxygens (including phenoxy) is 1. The van der Waals surface area contributed by atoms with E-state index in [2.05, 4.69) is 5.10 Å². The lowest BCUT2D eigenvalue weighted by atomic mass is 10.2. The number of thioether (sulfide) groups is 1. The van der Waals surface area contributed by atoms with Crippen molar-refractivity contribution in [2.24, 2.45) is 0 Å². The molecule has 0 radical (unpaired) electrons. The number of aliphatic carboxylic acids is 1. The summed E-state index contributed by atoms with van der Waals surface area (Å²) in [6.07, 6.45) is 0. The van der Waals surface area contributed by atoms with Gasteiger partial charge in [-0.1, -0.05) is 23.9 Å². The molecule has 0 unspecified atom stereocenters. The van der Waals surface area contributed by atoms with Crippen molar-refractivity contribution in [3.63, 3.8) is 0 Å². The van der Waals surface area contributed by atoms with E-state index in [1.807, 2.05) is 0 Å². The molecule has 1 aromatic heterocycles. The molecule has 0 aliphatic rings. The van der Waals surface area contributed by atoms with Crippen LogP contribution in [0.2, 0.25) is 0 Å². The zero-order valence-corrected chi connectivity index (χ0v) is 12.3. The van der Waals surface area contributed by atoms with Crippen molar-refractivity contribution < 1.29 is 19.0 Å². The first-order valence-corrected chi connectivity index (χ1v) is 7.21. The maximum Gasteiger partial charge on any atom is 0.313 e. The van der Waals surface area contributed by atoms with E-state index in [0.29, 0.717) is 13.2 Å². The van der Waals surface area contributed by atoms with Crippen LogP contribution in [0.3, 0.4) is 0 Å². The number of methoxy groups -OCH3 is 1. The monoisotopic (exact) mass is 310 g/mol. The van der Waals surface area contributed by atoms with Gasteiger partial charge in [0.2, 0.25) is 0 Å². The highest BCUT2D eigenvalue weighted by Crippen LogP contribution is 2.21. The van der Waals surface area contributed by atoms with Gasteiger partial charge in [-0.15, -0.1) is 0 Å². The molecule has 0 atom stereocenters. The molecule has 0 saturated heterocycles. The van der Waals surface area contributed by atoms with Crippen molar-refractivity contribution in [2.75, 3.05) is 12.9 Å². The maximum absolute atomic E-state index is 12.9. The van der Waals surface area contributed by atoms with Gasteiger partial charge in [0.25, 0.3) is 0 Å². The Morgan fingerprint density at radius 3 is 2.76 bits per heavy atom. The molecule has 0 spiro atoms. The standard InChI is InChI=1S/C14H15FN2O3S/c1-20-8-12-6-13(21-9-14(18)19)17(16-12)7-10-2-4-11(15)5-3-10/h2-6H,7-9H2,1H3,(H,18,19). The fourth-order valence-electron chi connectivity index (χ4n) is 1.80. The molecule has 0 amide bonds. The second-order valence-corrected chi connectivity index (χ2v) is 5.37. The van der Waals surface area contributed by atoms with Gasteiger partial charge in [-0.05, 0) is 23.8 Å². The first-order valence-electron chi connectivity index (χ1n) is 6.23.